The fourth-order valence-corrected chi connectivity index (χ4v) is 3.70. The van der Waals surface area contributed by atoms with Gasteiger partial charge in [-0.2, -0.15) is 8.78 Å². The Labute approximate surface area is 172 Å². The Balaban J connectivity index is 2.11. The highest BCUT2D eigenvalue weighted by Crippen LogP contribution is 2.55. The summed E-state index contributed by atoms with van der Waals surface area (Å²) in [5.41, 5.74) is 0.162. The summed E-state index contributed by atoms with van der Waals surface area (Å²) in [7, 11) is 0. The third-order valence-corrected chi connectivity index (χ3v) is 5.22. The minimum atomic E-state index is -3.64. The van der Waals surface area contributed by atoms with Crippen LogP contribution < -0.4 is 11.1 Å². The van der Waals surface area contributed by atoms with E-state index in [1.54, 1.807) is 20.8 Å². The molecular formula is C20H26F3N3O4. The summed E-state index contributed by atoms with van der Waals surface area (Å²) < 4.78 is 62.5. The number of benzene rings is 1. The highest BCUT2D eigenvalue weighted by Gasteiger charge is 2.70. The number of aliphatic imine (C=N–C) groups is 1. The van der Waals surface area contributed by atoms with Gasteiger partial charge >= 0.3 is 12.0 Å². The zero-order valence-electron chi connectivity index (χ0n) is 17.4. The van der Waals surface area contributed by atoms with Crippen LogP contribution in [0, 0.1) is 5.82 Å². The van der Waals surface area contributed by atoms with E-state index < -0.39 is 46.2 Å². The van der Waals surface area contributed by atoms with Gasteiger partial charge in [0.2, 0.25) is 0 Å². The van der Waals surface area contributed by atoms with Gasteiger partial charge < -0.3 is 19.9 Å². The smallest absolute Gasteiger partial charge is 0.415 e. The fraction of sp³-hybridized carbons (Fsp3) is 0.600. The van der Waals surface area contributed by atoms with E-state index >= 15 is 8.78 Å². The number of nitrogen functional groups attached to an aromatic ring is 1. The summed E-state index contributed by atoms with van der Waals surface area (Å²) >= 11 is 0. The summed E-state index contributed by atoms with van der Waals surface area (Å²) in [5, 5.41) is 2.28. The second-order valence-corrected chi connectivity index (χ2v) is 8.64. The molecular weight excluding hydrogens is 403 g/mol. The number of nitrogens with two attached hydrogens (primary N) is 1. The number of ether oxygens (including phenoxy) is 3. The molecule has 2 heterocycles. The van der Waals surface area contributed by atoms with E-state index in [-0.39, 0.29) is 31.7 Å². The van der Waals surface area contributed by atoms with Gasteiger partial charge in [-0.25, -0.2) is 19.5 Å². The molecule has 3 rings (SSSR count). The molecule has 0 radical (unpaired) electrons. The van der Waals surface area contributed by atoms with Crippen molar-refractivity contribution >= 4 is 17.8 Å². The Morgan fingerprint density at radius 2 is 1.90 bits per heavy atom. The minimum Gasteiger partial charge on any atom is -0.452 e. The number of amides is 1. The lowest BCUT2D eigenvalue weighted by molar-refractivity contribution is -0.248. The van der Waals surface area contributed by atoms with Gasteiger partial charge in [0.1, 0.15) is 11.4 Å². The second-order valence-electron chi connectivity index (χ2n) is 8.64. The van der Waals surface area contributed by atoms with Gasteiger partial charge in [-0.15, -0.1) is 0 Å². The van der Waals surface area contributed by atoms with Crippen LogP contribution in [0.4, 0.5) is 23.7 Å². The third-order valence-electron chi connectivity index (χ3n) is 5.22. The fourth-order valence-electron chi connectivity index (χ4n) is 3.70. The number of alkyl halides is 2. The van der Waals surface area contributed by atoms with Crippen molar-refractivity contribution in [3.63, 3.8) is 0 Å². The van der Waals surface area contributed by atoms with E-state index in [1.807, 2.05) is 0 Å². The lowest BCUT2D eigenvalue weighted by Crippen LogP contribution is -2.67. The summed E-state index contributed by atoms with van der Waals surface area (Å²) in [6.45, 7) is 6.08. The van der Waals surface area contributed by atoms with E-state index in [4.69, 9.17) is 19.9 Å². The summed E-state index contributed by atoms with van der Waals surface area (Å²) in [5.74, 6) is -4.53. The number of nitrogens with one attached hydrogen (secondary N) is 1. The van der Waals surface area contributed by atoms with Crippen LogP contribution in [0.15, 0.2) is 23.2 Å². The van der Waals surface area contributed by atoms with Crippen molar-refractivity contribution in [3.05, 3.63) is 29.6 Å². The first-order chi connectivity index (χ1) is 13.8. The SMILES string of the molecule is CC(C)(C)OC(=O)NC1=N[C@](C)(c2cc(N)ccc2F)C(F)(F)C2(CCOCC2)O1. The Bertz CT molecular complexity index is 863. The molecule has 2 aliphatic heterocycles. The van der Waals surface area contributed by atoms with Crippen LogP contribution in [-0.2, 0) is 19.7 Å². The molecule has 1 atom stereocenters. The molecule has 0 unspecified atom stereocenters. The molecule has 1 saturated heterocycles. The van der Waals surface area contributed by atoms with Gasteiger partial charge in [0.25, 0.3) is 6.02 Å². The molecule has 0 saturated carbocycles. The molecule has 7 nitrogen and oxygen atoms in total. The first-order valence-corrected chi connectivity index (χ1v) is 9.60. The van der Waals surface area contributed by atoms with Crippen molar-refractivity contribution in [2.24, 2.45) is 4.99 Å². The van der Waals surface area contributed by atoms with E-state index in [0.717, 1.165) is 19.1 Å². The molecule has 1 spiro atoms. The second kappa shape index (κ2) is 7.33. The maximum absolute atomic E-state index is 15.9. The predicted molar refractivity (Wildman–Crippen MR) is 104 cm³/mol. The van der Waals surface area contributed by atoms with Gasteiger partial charge in [0.05, 0.1) is 13.2 Å². The predicted octanol–water partition coefficient (Wildman–Crippen LogP) is 3.72. The lowest BCUT2D eigenvalue weighted by Gasteiger charge is -2.51. The Morgan fingerprint density at radius 1 is 1.27 bits per heavy atom. The highest BCUT2D eigenvalue weighted by atomic mass is 19.3. The molecule has 2 aliphatic rings. The number of carbonyl (C=O) groups is 1. The minimum absolute atomic E-state index is 0.0186. The Morgan fingerprint density at radius 3 is 2.50 bits per heavy atom. The lowest BCUT2D eigenvalue weighted by atomic mass is 9.72. The zero-order valence-corrected chi connectivity index (χ0v) is 17.4. The molecule has 30 heavy (non-hydrogen) atoms. The number of hydrogen-bond acceptors (Lipinski definition) is 6. The van der Waals surface area contributed by atoms with Gasteiger partial charge in [0.15, 0.2) is 11.1 Å². The van der Waals surface area contributed by atoms with E-state index in [9.17, 15) is 9.18 Å². The molecule has 3 N–H and O–H groups in total. The van der Waals surface area contributed by atoms with Crippen LogP contribution in [0.3, 0.4) is 0 Å². The third kappa shape index (κ3) is 3.80. The summed E-state index contributed by atoms with van der Waals surface area (Å²) in [4.78, 5) is 16.2. The molecule has 1 amide bonds. The van der Waals surface area contributed by atoms with E-state index in [0.29, 0.717) is 0 Å². The van der Waals surface area contributed by atoms with Gasteiger partial charge in [0, 0.05) is 24.1 Å². The van der Waals surface area contributed by atoms with Crippen LogP contribution >= 0.6 is 0 Å². The molecule has 0 bridgehead atoms. The zero-order chi connectivity index (χ0) is 22.4. The number of hydrogen-bond donors (Lipinski definition) is 2. The number of amidine groups is 1. The van der Waals surface area contributed by atoms with E-state index in [2.05, 4.69) is 10.3 Å². The molecule has 1 aromatic carbocycles. The monoisotopic (exact) mass is 429 g/mol. The highest BCUT2D eigenvalue weighted by molar-refractivity contribution is 5.91. The van der Waals surface area contributed by atoms with Gasteiger partial charge in [-0.3, -0.25) is 0 Å². The van der Waals surface area contributed by atoms with Crippen LogP contribution in [0.2, 0.25) is 0 Å². The van der Waals surface area contributed by atoms with Gasteiger partial charge in [-0.05, 0) is 45.9 Å². The average molecular weight is 429 g/mol. The van der Waals surface area contributed by atoms with Gasteiger partial charge in [-0.1, -0.05) is 0 Å². The van der Waals surface area contributed by atoms with Crippen LogP contribution in [0.5, 0.6) is 0 Å². The summed E-state index contributed by atoms with van der Waals surface area (Å²) in [6.07, 6.45) is -1.27. The van der Waals surface area contributed by atoms with Crippen molar-refractivity contribution in [3.8, 4) is 0 Å². The van der Waals surface area contributed by atoms with E-state index in [1.165, 1.54) is 6.07 Å². The normalized spacial score (nSPS) is 25.2. The first-order valence-electron chi connectivity index (χ1n) is 9.60. The molecule has 166 valence electrons. The van der Waals surface area contributed by atoms with Crippen molar-refractivity contribution in [1.29, 1.82) is 0 Å². The van der Waals surface area contributed by atoms with Crippen molar-refractivity contribution in [1.82, 2.24) is 5.32 Å². The molecule has 1 aromatic rings. The number of carbonyl (C=O) groups excluding carboxylic acids is 1. The average Bonchev–Trinajstić information content (AvgIpc) is 2.61. The Hall–Kier alpha value is -2.49. The quantitative estimate of drug-likeness (QED) is 0.664. The number of alkyl carbamates (subject to hydrolysis) is 1. The first kappa shape index (κ1) is 22.2. The van der Waals surface area contributed by atoms with Crippen molar-refractivity contribution in [2.45, 2.75) is 63.2 Å². The van der Waals surface area contributed by atoms with Crippen LogP contribution in [0.1, 0.15) is 46.1 Å². The number of anilines is 1. The molecule has 0 aromatic heterocycles. The van der Waals surface area contributed by atoms with Crippen molar-refractivity contribution in [2.75, 3.05) is 18.9 Å². The number of nitrogens with zero attached hydrogens (tertiary/aromatic N) is 1. The van der Waals surface area contributed by atoms with Crippen LogP contribution in [0.25, 0.3) is 0 Å². The number of halogens is 3. The maximum atomic E-state index is 15.9. The van der Waals surface area contributed by atoms with Crippen LogP contribution in [-0.4, -0.2) is 42.5 Å². The maximum Gasteiger partial charge on any atom is 0.415 e. The Kier molecular flexibility index (Phi) is 5.43. The standard InChI is InChI=1S/C20H26F3N3O4/c1-17(2,3)30-16(27)25-15-26-18(4,13-11-12(24)5-6-14(13)21)20(22,23)19(29-15)7-9-28-10-8-19/h5-6,11H,7-10,24H2,1-4H3,(H,25,26,27)/t18-/m1/s1. The molecule has 10 heteroatoms. The van der Waals surface area contributed by atoms with Crippen molar-refractivity contribution < 1.29 is 32.2 Å². The molecule has 0 aliphatic carbocycles. The largest absolute Gasteiger partial charge is 0.452 e. The summed E-state index contributed by atoms with van der Waals surface area (Å²) in [6, 6.07) is 2.93. The topological polar surface area (TPSA) is 95.2 Å². The number of rotatable bonds is 1. The molecule has 1 fully saturated rings.